The molecule has 1 unspecified atom stereocenters. The standard InChI is InChI=1S/C20H25Cl2N5O2.HI/c1-23-20(25-12-15-10-16(21)18(22)27(15)2)24-11-13-5-3-6-14(9-13)26-19(28)17-7-4-8-29-17;/h3,5-6,9-10,17H,4,7-8,11-12H2,1-2H3,(H,26,28)(H2,23,24,25);1H. The maximum atomic E-state index is 12.2. The van der Waals surface area contributed by atoms with Crippen molar-refractivity contribution in [2.45, 2.75) is 32.0 Å². The Labute approximate surface area is 203 Å². The summed E-state index contributed by atoms with van der Waals surface area (Å²) in [5, 5.41) is 10.4. The summed E-state index contributed by atoms with van der Waals surface area (Å²) in [7, 11) is 3.57. The molecule has 7 nitrogen and oxygen atoms in total. The summed E-state index contributed by atoms with van der Waals surface area (Å²) in [6.07, 6.45) is 1.35. The Balaban J connectivity index is 0.00000320. The van der Waals surface area contributed by atoms with Gasteiger partial charge in [0.2, 0.25) is 0 Å². The molecule has 1 fully saturated rings. The summed E-state index contributed by atoms with van der Waals surface area (Å²) in [5.74, 6) is 0.553. The fourth-order valence-electron chi connectivity index (χ4n) is 3.11. The van der Waals surface area contributed by atoms with Crippen molar-refractivity contribution < 1.29 is 9.53 Å². The second kappa shape index (κ2) is 11.8. The highest BCUT2D eigenvalue weighted by atomic mass is 127. The summed E-state index contributed by atoms with van der Waals surface area (Å²) in [4.78, 5) is 16.4. The first-order valence-electron chi connectivity index (χ1n) is 9.43. The van der Waals surface area contributed by atoms with Gasteiger partial charge in [-0.25, -0.2) is 0 Å². The number of nitrogens with zero attached hydrogens (tertiary/aromatic N) is 2. The maximum Gasteiger partial charge on any atom is 0.253 e. The van der Waals surface area contributed by atoms with Gasteiger partial charge in [0.15, 0.2) is 5.96 Å². The van der Waals surface area contributed by atoms with Crippen molar-refractivity contribution in [1.29, 1.82) is 0 Å². The Bertz CT molecular complexity index is 897. The number of rotatable bonds is 6. The van der Waals surface area contributed by atoms with Gasteiger partial charge in [0, 0.05) is 38.6 Å². The fourth-order valence-corrected chi connectivity index (χ4v) is 3.52. The van der Waals surface area contributed by atoms with Gasteiger partial charge < -0.3 is 25.3 Å². The number of carbonyl (C=O) groups excluding carboxylic acids is 1. The average Bonchev–Trinajstić information content (AvgIpc) is 3.34. The summed E-state index contributed by atoms with van der Waals surface area (Å²) in [6, 6.07) is 9.52. The number of benzene rings is 1. The van der Waals surface area contributed by atoms with E-state index in [1.807, 2.05) is 41.9 Å². The van der Waals surface area contributed by atoms with Crippen LogP contribution in [0.15, 0.2) is 35.3 Å². The zero-order valence-electron chi connectivity index (χ0n) is 16.9. The number of aromatic nitrogens is 1. The molecule has 2 heterocycles. The number of amides is 1. The first kappa shape index (κ1) is 24.8. The van der Waals surface area contributed by atoms with E-state index >= 15 is 0 Å². The van der Waals surface area contributed by atoms with Crippen LogP contribution in [-0.4, -0.2) is 36.2 Å². The molecule has 1 aliphatic rings. The van der Waals surface area contributed by atoms with Crippen LogP contribution in [0.1, 0.15) is 24.1 Å². The van der Waals surface area contributed by atoms with Crippen molar-refractivity contribution in [1.82, 2.24) is 15.2 Å². The van der Waals surface area contributed by atoms with E-state index in [1.165, 1.54) is 0 Å². The molecule has 0 radical (unpaired) electrons. The SMILES string of the molecule is CN=C(NCc1cccc(NC(=O)C2CCCO2)c1)NCc1cc(Cl)c(Cl)n1C.I. The van der Waals surface area contributed by atoms with Crippen LogP contribution in [0, 0.1) is 0 Å². The van der Waals surface area contributed by atoms with Gasteiger partial charge >= 0.3 is 0 Å². The molecule has 1 aromatic heterocycles. The third-order valence-electron chi connectivity index (χ3n) is 4.75. The Morgan fingerprint density at radius 1 is 1.27 bits per heavy atom. The second-order valence-corrected chi connectivity index (χ2v) is 7.57. The molecular weight excluding hydrogens is 540 g/mol. The minimum absolute atomic E-state index is 0. The number of nitrogens with one attached hydrogen (secondary N) is 3. The van der Waals surface area contributed by atoms with Crippen LogP contribution in [0.4, 0.5) is 5.69 Å². The van der Waals surface area contributed by atoms with Gasteiger partial charge in [-0.1, -0.05) is 35.3 Å². The summed E-state index contributed by atoms with van der Waals surface area (Å²) < 4.78 is 7.25. The van der Waals surface area contributed by atoms with Crippen molar-refractivity contribution in [2.24, 2.45) is 12.0 Å². The van der Waals surface area contributed by atoms with Crippen molar-refractivity contribution >= 4 is 64.7 Å². The highest BCUT2D eigenvalue weighted by Gasteiger charge is 2.23. The molecule has 0 bridgehead atoms. The summed E-state index contributed by atoms with van der Waals surface area (Å²) in [5.41, 5.74) is 2.71. The van der Waals surface area contributed by atoms with E-state index < -0.39 is 0 Å². The molecule has 0 saturated carbocycles. The Hall–Kier alpha value is -1.49. The predicted molar refractivity (Wildman–Crippen MR) is 132 cm³/mol. The van der Waals surface area contributed by atoms with E-state index in [4.69, 9.17) is 27.9 Å². The van der Waals surface area contributed by atoms with Gasteiger partial charge in [0.1, 0.15) is 11.3 Å². The molecule has 30 heavy (non-hydrogen) atoms. The van der Waals surface area contributed by atoms with Crippen LogP contribution >= 0.6 is 47.2 Å². The van der Waals surface area contributed by atoms with Crippen molar-refractivity contribution in [3.63, 3.8) is 0 Å². The quantitative estimate of drug-likeness (QED) is 0.282. The predicted octanol–water partition coefficient (Wildman–Crippen LogP) is 3.93. The lowest BCUT2D eigenvalue weighted by molar-refractivity contribution is -0.124. The van der Waals surface area contributed by atoms with Gasteiger partial charge in [-0.3, -0.25) is 9.79 Å². The van der Waals surface area contributed by atoms with Crippen LogP contribution in [0.25, 0.3) is 0 Å². The first-order chi connectivity index (χ1) is 14.0. The van der Waals surface area contributed by atoms with Crippen molar-refractivity contribution in [2.75, 3.05) is 19.0 Å². The van der Waals surface area contributed by atoms with Crippen molar-refractivity contribution in [3.8, 4) is 0 Å². The maximum absolute atomic E-state index is 12.2. The molecule has 1 saturated heterocycles. The van der Waals surface area contributed by atoms with Crippen LogP contribution in [0.3, 0.4) is 0 Å². The molecule has 1 aliphatic heterocycles. The number of ether oxygens (including phenoxy) is 1. The molecule has 1 aromatic carbocycles. The topological polar surface area (TPSA) is 79.7 Å². The van der Waals surface area contributed by atoms with Crippen LogP contribution in [-0.2, 0) is 29.7 Å². The highest BCUT2D eigenvalue weighted by Crippen LogP contribution is 2.24. The Kier molecular flexibility index (Phi) is 9.73. The number of guanidine groups is 1. The molecule has 1 atom stereocenters. The van der Waals surface area contributed by atoms with Crippen molar-refractivity contribution in [3.05, 3.63) is 51.8 Å². The normalized spacial score (nSPS) is 16.1. The highest BCUT2D eigenvalue weighted by molar-refractivity contribution is 14.0. The van der Waals surface area contributed by atoms with E-state index in [9.17, 15) is 4.79 Å². The lowest BCUT2D eigenvalue weighted by Gasteiger charge is -2.14. The molecule has 0 spiro atoms. The third-order valence-corrected chi connectivity index (χ3v) is 5.59. The van der Waals surface area contributed by atoms with Gasteiger partial charge in [-0.2, -0.15) is 0 Å². The molecule has 0 aliphatic carbocycles. The molecule has 10 heteroatoms. The molecule has 2 aromatic rings. The van der Waals surface area contributed by atoms with Crippen LogP contribution in [0.5, 0.6) is 0 Å². The van der Waals surface area contributed by atoms with E-state index in [0.717, 1.165) is 29.8 Å². The summed E-state index contributed by atoms with van der Waals surface area (Å²) in [6.45, 7) is 1.73. The van der Waals surface area contributed by atoms with E-state index in [1.54, 1.807) is 7.05 Å². The first-order valence-corrected chi connectivity index (χ1v) is 10.2. The van der Waals surface area contributed by atoms with Gasteiger partial charge in [-0.05, 0) is 36.6 Å². The number of carbonyl (C=O) groups is 1. The minimum atomic E-state index is -0.348. The van der Waals surface area contributed by atoms with Crippen LogP contribution < -0.4 is 16.0 Å². The van der Waals surface area contributed by atoms with Gasteiger partial charge in [-0.15, -0.1) is 24.0 Å². The monoisotopic (exact) mass is 565 g/mol. The fraction of sp³-hybridized carbons (Fsp3) is 0.400. The lowest BCUT2D eigenvalue weighted by atomic mass is 10.2. The molecular formula is C20H26Cl2IN5O2. The minimum Gasteiger partial charge on any atom is -0.368 e. The Morgan fingerprint density at radius 2 is 2.03 bits per heavy atom. The molecule has 164 valence electrons. The van der Waals surface area contributed by atoms with E-state index in [2.05, 4.69) is 20.9 Å². The van der Waals surface area contributed by atoms with Crippen LogP contribution in [0.2, 0.25) is 10.2 Å². The number of anilines is 1. The smallest absolute Gasteiger partial charge is 0.253 e. The number of halogens is 3. The number of hydrogen-bond acceptors (Lipinski definition) is 3. The van der Waals surface area contributed by atoms with Gasteiger partial charge in [0.05, 0.1) is 11.6 Å². The zero-order valence-corrected chi connectivity index (χ0v) is 20.7. The third kappa shape index (κ3) is 6.50. The number of aliphatic imine (C=N–C) groups is 1. The molecule has 3 rings (SSSR count). The van der Waals surface area contributed by atoms with E-state index in [0.29, 0.717) is 35.8 Å². The lowest BCUT2D eigenvalue weighted by Crippen LogP contribution is -2.36. The largest absolute Gasteiger partial charge is 0.368 e. The molecule has 3 N–H and O–H groups in total. The zero-order chi connectivity index (χ0) is 20.8. The van der Waals surface area contributed by atoms with E-state index in [-0.39, 0.29) is 36.0 Å². The second-order valence-electron chi connectivity index (χ2n) is 6.80. The average molecular weight is 566 g/mol. The van der Waals surface area contributed by atoms with Gasteiger partial charge in [0.25, 0.3) is 5.91 Å². The number of hydrogen-bond donors (Lipinski definition) is 3. The molecule has 1 amide bonds. The Morgan fingerprint density at radius 3 is 2.67 bits per heavy atom. The summed E-state index contributed by atoms with van der Waals surface area (Å²) >= 11 is 12.2.